The van der Waals surface area contributed by atoms with Crippen LogP contribution in [0.3, 0.4) is 0 Å². The maximum atomic E-state index is 9.84. The van der Waals surface area contributed by atoms with Crippen LogP contribution in [0.25, 0.3) is 0 Å². The monoisotopic (exact) mass is 240 g/mol. The van der Waals surface area contributed by atoms with Gasteiger partial charge in [0.25, 0.3) is 0 Å². The largest absolute Gasteiger partial charge is 0.481 e. The van der Waals surface area contributed by atoms with Crippen molar-refractivity contribution in [1.29, 1.82) is 0 Å². The lowest BCUT2D eigenvalue weighted by Crippen LogP contribution is -2.15. The summed E-state index contributed by atoms with van der Waals surface area (Å²) >= 11 is 0. The molecule has 5 nitrogen and oxygen atoms in total. The second kappa shape index (κ2) is 6.39. The van der Waals surface area contributed by atoms with Crippen LogP contribution in [-0.2, 0) is 6.42 Å². The van der Waals surface area contributed by atoms with E-state index in [-0.39, 0.29) is 0 Å². The third-order valence-corrected chi connectivity index (χ3v) is 2.31. The third kappa shape index (κ3) is 4.56. The van der Waals surface area contributed by atoms with Crippen LogP contribution in [-0.4, -0.2) is 35.4 Å². The molecule has 0 radical (unpaired) electrons. The van der Waals surface area contributed by atoms with E-state index in [0.29, 0.717) is 29.9 Å². The van der Waals surface area contributed by atoms with Crippen LogP contribution in [0, 0.1) is 5.92 Å². The van der Waals surface area contributed by atoms with Crippen molar-refractivity contribution in [3.05, 3.63) is 11.9 Å². The number of rotatable bonds is 6. The number of hydrogen-bond donors (Lipinski definition) is 1. The van der Waals surface area contributed by atoms with E-state index in [1.807, 2.05) is 0 Å². The van der Waals surface area contributed by atoms with Crippen LogP contribution in [0.15, 0.2) is 6.07 Å². The summed E-state index contributed by atoms with van der Waals surface area (Å²) in [5.74, 6) is 1.87. The Bertz CT molecular complexity index is 333. The molecule has 17 heavy (non-hydrogen) atoms. The normalized spacial score (nSPS) is 12.6. The Balaban J connectivity index is 2.75. The Morgan fingerprint density at radius 3 is 2.12 bits per heavy atom. The lowest BCUT2D eigenvalue weighted by molar-refractivity contribution is 0.146. The maximum Gasteiger partial charge on any atom is 0.220 e. The molecule has 1 aromatic heterocycles. The van der Waals surface area contributed by atoms with E-state index in [0.717, 1.165) is 6.42 Å². The molecule has 5 heteroatoms. The second-order valence-corrected chi connectivity index (χ2v) is 4.36. The predicted molar refractivity (Wildman–Crippen MR) is 64.3 cm³/mol. The summed E-state index contributed by atoms with van der Waals surface area (Å²) in [5.41, 5.74) is 0. The predicted octanol–water partition coefficient (Wildman–Crippen LogP) is 1.44. The van der Waals surface area contributed by atoms with Crippen LogP contribution < -0.4 is 9.47 Å². The van der Waals surface area contributed by atoms with Gasteiger partial charge in [0.2, 0.25) is 11.8 Å². The minimum atomic E-state index is -0.438. The fourth-order valence-electron chi connectivity index (χ4n) is 1.59. The highest BCUT2D eigenvalue weighted by Crippen LogP contribution is 2.16. The molecule has 0 aliphatic carbocycles. The molecule has 0 saturated carbocycles. The van der Waals surface area contributed by atoms with E-state index < -0.39 is 6.10 Å². The summed E-state index contributed by atoms with van der Waals surface area (Å²) < 4.78 is 10.1. The zero-order chi connectivity index (χ0) is 12.8. The summed E-state index contributed by atoms with van der Waals surface area (Å²) in [6.07, 6.45) is 0.695. The first-order valence-corrected chi connectivity index (χ1v) is 5.69. The molecule has 1 aromatic rings. The van der Waals surface area contributed by atoms with Crippen molar-refractivity contribution in [2.75, 3.05) is 14.2 Å². The number of nitrogens with zero attached hydrogens (tertiary/aromatic N) is 2. The molecule has 1 atom stereocenters. The van der Waals surface area contributed by atoms with E-state index in [1.165, 1.54) is 14.2 Å². The summed E-state index contributed by atoms with van der Waals surface area (Å²) in [4.78, 5) is 8.35. The first kappa shape index (κ1) is 13.7. The average Bonchev–Trinajstić information content (AvgIpc) is 2.27. The van der Waals surface area contributed by atoms with E-state index in [4.69, 9.17) is 9.47 Å². The van der Waals surface area contributed by atoms with E-state index in [9.17, 15) is 5.11 Å². The second-order valence-electron chi connectivity index (χ2n) is 4.36. The van der Waals surface area contributed by atoms with Gasteiger partial charge in [-0.3, -0.25) is 0 Å². The molecular formula is C12H20N2O3. The van der Waals surface area contributed by atoms with Crippen LogP contribution in [0.4, 0.5) is 0 Å². The first-order valence-electron chi connectivity index (χ1n) is 5.69. The fourth-order valence-corrected chi connectivity index (χ4v) is 1.59. The summed E-state index contributed by atoms with van der Waals surface area (Å²) in [6.45, 7) is 4.13. The summed E-state index contributed by atoms with van der Waals surface area (Å²) in [7, 11) is 3.08. The highest BCUT2D eigenvalue weighted by atomic mass is 16.5. The molecule has 0 saturated heterocycles. The third-order valence-electron chi connectivity index (χ3n) is 2.31. The van der Waals surface area contributed by atoms with Crippen molar-refractivity contribution in [3.8, 4) is 11.8 Å². The quantitative estimate of drug-likeness (QED) is 0.815. The van der Waals surface area contributed by atoms with Gasteiger partial charge in [0, 0.05) is 6.42 Å². The fraction of sp³-hybridized carbons (Fsp3) is 0.667. The zero-order valence-electron chi connectivity index (χ0n) is 10.8. The Morgan fingerprint density at radius 1 is 1.18 bits per heavy atom. The van der Waals surface area contributed by atoms with Crippen molar-refractivity contribution in [1.82, 2.24) is 9.97 Å². The summed E-state index contributed by atoms with van der Waals surface area (Å²) in [5, 5.41) is 9.84. The van der Waals surface area contributed by atoms with Crippen LogP contribution in [0.5, 0.6) is 11.8 Å². The molecule has 1 rings (SSSR count). The number of aliphatic hydroxyl groups excluding tert-OH is 1. The standard InChI is InChI=1S/C12H20N2O3/c1-8(2)5-9(15)6-10-13-11(16-3)7-12(14-10)17-4/h7-9,15H,5-6H2,1-4H3. The Morgan fingerprint density at radius 2 is 1.71 bits per heavy atom. The minimum Gasteiger partial charge on any atom is -0.481 e. The maximum absolute atomic E-state index is 9.84. The van der Waals surface area contributed by atoms with Crippen LogP contribution in [0.1, 0.15) is 26.1 Å². The molecule has 1 heterocycles. The molecule has 0 aliphatic heterocycles. The molecule has 96 valence electrons. The first-order chi connectivity index (χ1) is 8.05. The van der Waals surface area contributed by atoms with Crippen molar-refractivity contribution in [3.63, 3.8) is 0 Å². The van der Waals surface area contributed by atoms with Crippen molar-refractivity contribution in [2.24, 2.45) is 5.92 Å². The molecular weight excluding hydrogens is 220 g/mol. The van der Waals surface area contributed by atoms with Gasteiger partial charge in [-0.25, -0.2) is 0 Å². The lowest BCUT2D eigenvalue weighted by Gasteiger charge is -2.12. The van der Waals surface area contributed by atoms with E-state index in [1.54, 1.807) is 6.07 Å². The lowest BCUT2D eigenvalue weighted by atomic mass is 10.0. The Labute approximate surface area is 102 Å². The molecule has 0 amide bonds. The van der Waals surface area contributed by atoms with Gasteiger partial charge in [-0.1, -0.05) is 13.8 Å². The van der Waals surface area contributed by atoms with Gasteiger partial charge in [-0.05, 0) is 12.3 Å². The molecule has 0 bridgehead atoms. The molecule has 0 aromatic carbocycles. The zero-order valence-corrected chi connectivity index (χ0v) is 10.8. The highest BCUT2D eigenvalue weighted by Gasteiger charge is 2.12. The average molecular weight is 240 g/mol. The number of hydrogen-bond acceptors (Lipinski definition) is 5. The number of methoxy groups -OCH3 is 2. The topological polar surface area (TPSA) is 64.5 Å². The van der Waals surface area contributed by atoms with Crippen LogP contribution >= 0.6 is 0 Å². The molecule has 0 spiro atoms. The molecule has 1 unspecified atom stereocenters. The number of ether oxygens (including phenoxy) is 2. The van der Waals surface area contributed by atoms with Gasteiger partial charge in [0.15, 0.2) is 0 Å². The van der Waals surface area contributed by atoms with Crippen molar-refractivity contribution >= 4 is 0 Å². The molecule has 0 fully saturated rings. The van der Waals surface area contributed by atoms with Gasteiger partial charge >= 0.3 is 0 Å². The Kier molecular flexibility index (Phi) is 5.15. The Hall–Kier alpha value is -1.36. The van der Waals surface area contributed by atoms with Gasteiger partial charge in [0.05, 0.1) is 26.4 Å². The van der Waals surface area contributed by atoms with E-state index >= 15 is 0 Å². The van der Waals surface area contributed by atoms with Crippen molar-refractivity contribution in [2.45, 2.75) is 32.8 Å². The number of aliphatic hydroxyl groups is 1. The van der Waals surface area contributed by atoms with Crippen LogP contribution in [0.2, 0.25) is 0 Å². The molecule has 0 aliphatic rings. The summed E-state index contributed by atoms with van der Waals surface area (Å²) in [6, 6.07) is 1.61. The number of aromatic nitrogens is 2. The van der Waals surface area contributed by atoms with Gasteiger partial charge in [0.1, 0.15) is 5.82 Å². The highest BCUT2D eigenvalue weighted by molar-refractivity contribution is 5.21. The van der Waals surface area contributed by atoms with Gasteiger partial charge in [-0.2, -0.15) is 9.97 Å². The van der Waals surface area contributed by atoms with Crippen molar-refractivity contribution < 1.29 is 14.6 Å². The smallest absolute Gasteiger partial charge is 0.220 e. The minimum absolute atomic E-state index is 0.408. The van der Waals surface area contributed by atoms with E-state index in [2.05, 4.69) is 23.8 Å². The van der Waals surface area contributed by atoms with Gasteiger partial charge < -0.3 is 14.6 Å². The molecule has 1 N–H and O–H groups in total. The van der Waals surface area contributed by atoms with Gasteiger partial charge in [-0.15, -0.1) is 0 Å². The SMILES string of the molecule is COc1cc(OC)nc(CC(O)CC(C)C)n1.